The molecule has 0 spiro atoms. The van der Waals surface area contributed by atoms with E-state index in [0.29, 0.717) is 6.04 Å². The van der Waals surface area contributed by atoms with Gasteiger partial charge in [-0.2, -0.15) is 0 Å². The number of hydrogen-bond donors (Lipinski definition) is 0. The SMILES string of the molecule is CN(C)C1CCCN(CCCN2c3ccccc3Sc3ccc(Cl)cc32)C1. The van der Waals surface area contributed by atoms with Gasteiger partial charge in [0.2, 0.25) is 0 Å². The molecule has 1 unspecified atom stereocenters. The number of anilines is 2. The molecule has 1 atom stereocenters. The minimum atomic E-state index is 0.699. The van der Waals surface area contributed by atoms with E-state index in [2.05, 4.69) is 65.2 Å². The van der Waals surface area contributed by atoms with E-state index >= 15 is 0 Å². The summed E-state index contributed by atoms with van der Waals surface area (Å²) in [4.78, 5) is 10.1. The zero-order valence-corrected chi connectivity index (χ0v) is 17.8. The summed E-state index contributed by atoms with van der Waals surface area (Å²) in [7, 11) is 4.41. The van der Waals surface area contributed by atoms with Gasteiger partial charge in [-0.05, 0) is 76.8 Å². The number of likely N-dealkylation sites (N-methyl/N-ethyl adjacent to an activating group) is 1. The number of benzene rings is 2. The summed E-state index contributed by atoms with van der Waals surface area (Å²) in [6.45, 7) is 4.61. The van der Waals surface area contributed by atoms with Crippen molar-refractivity contribution in [2.75, 3.05) is 45.2 Å². The molecule has 27 heavy (non-hydrogen) atoms. The Morgan fingerprint density at radius 2 is 1.89 bits per heavy atom. The van der Waals surface area contributed by atoms with Crippen LogP contribution in [0.15, 0.2) is 52.3 Å². The lowest BCUT2D eigenvalue weighted by atomic mass is 10.0. The predicted octanol–water partition coefficient (Wildman–Crippen LogP) is 5.36. The van der Waals surface area contributed by atoms with E-state index in [-0.39, 0.29) is 0 Å². The first kappa shape index (κ1) is 19.1. The van der Waals surface area contributed by atoms with Crippen LogP contribution in [0.5, 0.6) is 0 Å². The lowest BCUT2D eigenvalue weighted by Gasteiger charge is -2.37. The summed E-state index contributed by atoms with van der Waals surface area (Å²) in [6, 6.07) is 15.7. The molecule has 144 valence electrons. The van der Waals surface area contributed by atoms with E-state index in [0.717, 1.165) is 24.5 Å². The standard InChI is InChI=1S/C22H28ClN3S/c1-24(2)18-7-5-12-25(16-18)13-6-14-26-19-8-3-4-9-21(19)27-22-11-10-17(23)15-20(22)26/h3-4,8-11,15,18H,5-7,12-14,16H2,1-2H3. The molecule has 2 aromatic rings. The van der Waals surface area contributed by atoms with Crippen molar-refractivity contribution in [1.82, 2.24) is 9.80 Å². The number of rotatable bonds is 5. The smallest absolute Gasteiger partial charge is 0.0567 e. The molecule has 1 saturated heterocycles. The van der Waals surface area contributed by atoms with Gasteiger partial charge in [0, 0.05) is 33.9 Å². The average molecular weight is 402 g/mol. The van der Waals surface area contributed by atoms with Crippen molar-refractivity contribution in [2.45, 2.75) is 35.1 Å². The fraction of sp³-hybridized carbons (Fsp3) is 0.455. The van der Waals surface area contributed by atoms with Crippen molar-refractivity contribution in [2.24, 2.45) is 0 Å². The Morgan fingerprint density at radius 3 is 2.74 bits per heavy atom. The van der Waals surface area contributed by atoms with E-state index < -0.39 is 0 Å². The van der Waals surface area contributed by atoms with Gasteiger partial charge in [0.1, 0.15) is 0 Å². The number of likely N-dealkylation sites (tertiary alicyclic amines) is 1. The number of hydrogen-bond acceptors (Lipinski definition) is 4. The second-order valence-corrected chi connectivity index (χ2v) is 9.27. The van der Waals surface area contributed by atoms with E-state index in [1.807, 2.05) is 17.8 Å². The maximum absolute atomic E-state index is 6.32. The highest BCUT2D eigenvalue weighted by atomic mass is 35.5. The van der Waals surface area contributed by atoms with Gasteiger partial charge in [0.25, 0.3) is 0 Å². The Kier molecular flexibility index (Phi) is 5.98. The van der Waals surface area contributed by atoms with Crippen LogP contribution in [-0.2, 0) is 0 Å². The van der Waals surface area contributed by atoms with Gasteiger partial charge in [-0.15, -0.1) is 0 Å². The molecule has 0 amide bonds. The van der Waals surface area contributed by atoms with Crippen molar-refractivity contribution in [3.8, 4) is 0 Å². The topological polar surface area (TPSA) is 9.72 Å². The molecule has 0 radical (unpaired) electrons. The zero-order valence-electron chi connectivity index (χ0n) is 16.2. The van der Waals surface area contributed by atoms with Crippen molar-refractivity contribution < 1.29 is 0 Å². The van der Waals surface area contributed by atoms with E-state index in [1.54, 1.807) is 0 Å². The molecule has 2 heterocycles. The first-order valence-electron chi connectivity index (χ1n) is 9.84. The molecule has 0 bridgehead atoms. The first-order valence-corrected chi connectivity index (χ1v) is 11.0. The van der Waals surface area contributed by atoms with Crippen LogP contribution in [0.4, 0.5) is 11.4 Å². The molecule has 0 saturated carbocycles. The maximum Gasteiger partial charge on any atom is 0.0567 e. The Morgan fingerprint density at radius 1 is 1.07 bits per heavy atom. The molecule has 0 aliphatic carbocycles. The number of piperidine rings is 1. The fourth-order valence-corrected chi connectivity index (χ4v) is 5.39. The van der Waals surface area contributed by atoms with Gasteiger partial charge >= 0.3 is 0 Å². The maximum atomic E-state index is 6.32. The quantitative estimate of drug-likeness (QED) is 0.666. The first-order chi connectivity index (χ1) is 13.1. The van der Waals surface area contributed by atoms with Crippen LogP contribution in [-0.4, -0.2) is 56.1 Å². The molecule has 3 nitrogen and oxygen atoms in total. The van der Waals surface area contributed by atoms with Gasteiger partial charge in [0.05, 0.1) is 11.4 Å². The van der Waals surface area contributed by atoms with Gasteiger partial charge in [-0.1, -0.05) is 35.5 Å². The lowest BCUT2D eigenvalue weighted by molar-refractivity contribution is 0.133. The second-order valence-electron chi connectivity index (χ2n) is 7.75. The predicted molar refractivity (Wildman–Crippen MR) is 117 cm³/mol. The summed E-state index contributed by atoms with van der Waals surface area (Å²) in [5.41, 5.74) is 2.55. The lowest BCUT2D eigenvalue weighted by Crippen LogP contribution is -2.45. The molecular weight excluding hydrogens is 374 g/mol. The average Bonchev–Trinajstić information content (AvgIpc) is 2.68. The van der Waals surface area contributed by atoms with Gasteiger partial charge < -0.3 is 14.7 Å². The van der Waals surface area contributed by atoms with Crippen LogP contribution in [0.1, 0.15) is 19.3 Å². The summed E-state index contributed by atoms with van der Waals surface area (Å²) >= 11 is 8.17. The molecular formula is C22H28ClN3S. The molecule has 2 aromatic carbocycles. The molecule has 2 aliphatic heterocycles. The second kappa shape index (κ2) is 8.44. The Hall–Kier alpha value is -1.20. The number of fused-ring (bicyclic) bond motifs is 2. The molecule has 1 fully saturated rings. The van der Waals surface area contributed by atoms with Gasteiger partial charge in [0.15, 0.2) is 0 Å². The van der Waals surface area contributed by atoms with E-state index in [1.165, 1.54) is 47.1 Å². The van der Waals surface area contributed by atoms with Crippen molar-refractivity contribution in [1.29, 1.82) is 0 Å². The van der Waals surface area contributed by atoms with Crippen molar-refractivity contribution in [3.63, 3.8) is 0 Å². The van der Waals surface area contributed by atoms with Crippen LogP contribution < -0.4 is 4.90 Å². The zero-order chi connectivity index (χ0) is 18.8. The molecule has 0 aromatic heterocycles. The third-order valence-corrected chi connectivity index (χ3v) is 7.02. The minimum Gasteiger partial charge on any atom is -0.340 e. The largest absolute Gasteiger partial charge is 0.340 e. The van der Waals surface area contributed by atoms with Crippen LogP contribution in [0.2, 0.25) is 5.02 Å². The number of para-hydroxylation sites is 1. The van der Waals surface area contributed by atoms with Crippen LogP contribution >= 0.6 is 23.4 Å². The third-order valence-electron chi connectivity index (χ3n) is 5.65. The Balaban J connectivity index is 1.46. The minimum absolute atomic E-state index is 0.699. The van der Waals surface area contributed by atoms with Crippen molar-refractivity contribution in [3.05, 3.63) is 47.5 Å². The number of halogens is 1. The highest BCUT2D eigenvalue weighted by Gasteiger charge is 2.24. The summed E-state index contributed by atoms with van der Waals surface area (Å²) in [5.74, 6) is 0. The van der Waals surface area contributed by atoms with Crippen molar-refractivity contribution >= 4 is 34.7 Å². The van der Waals surface area contributed by atoms with Gasteiger partial charge in [-0.25, -0.2) is 0 Å². The van der Waals surface area contributed by atoms with E-state index in [9.17, 15) is 0 Å². The van der Waals surface area contributed by atoms with Crippen LogP contribution in [0.3, 0.4) is 0 Å². The molecule has 0 N–H and O–H groups in total. The number of nitrogens with zero attached hydrogens (tertiary/aromatic N) is 3. The van der Waals surface area contributed by atoms with Crippen LogP contribution in [0.25, 0.3) is 0 Å². The highest BCUT2D eigenvalue weighted by Crippen LogP contribution is 2.48. The van der Waals surface area contributed by atoms with Crippen LogP contribution in [0, 0.1) is 0 Å². The Labute approximate surface area is 172 Å². The molecule has 4 rings (SSSR count). The monoisotopic (exact) mass is 401 g/mol. The normalized spacial score (nSPS) is 19.9. The fourth-order valence-electron chi connectivity index (χ4n) is 4.15. The molecule has 5 heteroatoms. The summed E-state index contributed by atoms with van der Waals surface area (Å²) in [6.07, 6.45) is 3.79. The third kappa shape index (κ3) is 4.29. The summed E-state index contributed by atoms with van der Waals surface area (Å²) < 4.78 is 0. The summed E-state index contributed by atoms with van der Waals surface area (Å²) in [5, 5.41) is 0.809. The van der Waals surface area contributed by atoms with E-state index in [4.69, 9.17) is 11.6 Å². The Bertz CT molecular complexity index is 795. The van der Waals surface area contributed by atoms with Gasteiger partial charge in [-0.3, -0.25) is 0 Å². The molecule has 2 aliphatic rings. The highest BCUT2D eigenvalue weighted by molar-refractivity contribution is 7.99.